The zero-order chi connectivity index (χ0) is 14.0. The number of thioether (sulfide) groups is 1. The predicted molar refractivity (Wildman–Crippen MR) is 68.9 cm³/mol. The third-order valence-electron chi connectivity index (χ3n) is 2.66. The number of aromatic carboxylic acids is 1. The second-order valence-corrected chi connectivity index (χ2v) is 4.95. The molecule has 0 spiro atoms. The van der Waals surface area contributed by atoms with Crippen LogP contribution in [0.4, 0.5) is 4.39 Å². The Labute approximate surface area is 113 Å². The fourth-order valence-corrected chi connectivity index (χ4v) is 2.34. The first-order valence-electron chi connectivity index (χ1n) is 5.56. The van der Waals surface area contributed by atoms with E-state index in [1.165, 1.54) is 23.9 Å². The summed E-state index contributed by atoms with van der Waals surface area (Å²) in [5, 5.41) is 9.23. The van der Waals surface area contributed by atoms with Gasteiger partial charge in [0.1, 0.15) is 11.6 Å². The van der Waals surface area contributed by atoms with Crippen molar-refractivity contribution in [2.45, 2.75) is 24.8 Å². The van der Waals surface area contributed by atoms with Crippen LogP contribution in [0.3, 0.4) is 0 Å². The zero-order valence-electron chi connectivity index (χ0n) is 10.4. The lowest BCUT2D eigenvalue weighted by Gasteiger charge is -2.02. The molecule has 1 heterocycles. The van der Waals surface area contributed by atoms with E-state index in [0.717, 1.165) is 17.5 Å². The second-order valence-electron chi connectivity index (χ2n) is 4.02. The van der Waals surface area contributed by atoms with E-state index in [-0.39, 0.29) is 5.56 Å². The van der Waals surface area contributed by atoms with Crippen LogP contribution in [-0.2, 0) is 5.75 Å². The lowest BCUT2D eigenvalue weighted by Crippen LogP contribution is -1.98. The van der Waals surface area contributed by atoms with Crippen molar-refractivity contribution < 1.29 is 18.7 Å². The molecule has 0 unspecified atom stereocenters. The molecule has 0 atom stereocenters. The van der Waals surface area contributed by atoms with E-state index in [1.54, 1.807) is 0 Å². The minimum atomic E-state index is -1.14. The summed E-state index contributed by atoms with van der Waals surface area (Å²) in [6.07, 6.45) is 0. The number of halogens is 1. The Kier molecular flexibility index (Phi) is 3.90. The number of nitrogens with zero attached hydrogens (tertiary/aromatic N) is 1. The summed E-state index contributed by atoms with van der Waals surface area (Å²) < 4.78 is 19.0. The number of aryl methyl sites for hydroxylation is 2. The normalized spacial score (nSPS) is 10.7. The summed E-state index contributed by atoms with van der Waals surface area (Å²) in [7, 11) is 0. The summed E-state index contributed by atoms with van der Waals surface area (Å²) in [5.41, 5.74) is 1.17. The molecule has 1 N–H and O–H groups in total. The topological polar surface area (TPSA) is 63.3 Å². The largest absolute Gasteiger partial charge is 0.478 e. The summed E-state index contributed by atoms with van der Waals surface area (Å²) in [6.45, 7) is 3.65. The fourth-order valence-electron chi connectivity index (χ4n) is 1.44. The van der Waals surface area contributed by atoms with E-state index in [1.807, 2.05) is 13.8 Å². The molecule has 2 rings (SSSR count). The SMILES string of the molecule is Cc1nc(SCc2ccc(C(=O)O)cc2F)oc1C. The summed E-state index contributed by atoms with van der Waals surface area (Å²) in [6, 6.07) is 3.87. The number of carboxylic acids is 1. The third-order valence-corrected chi connectivity index (χ3v) is 3.54. The maximum absolute atomic E-state index is 13.7. The summed E-state index contributed by atoms with van der Waals surface area (Å²) in [4.78, 5) is 14.9. The predicted octanol–water partition coefficient (Wildman–Crippen LogP) is 3.42. The van der Waals surface area contributed by atoms with Gasteiger partial charge < -0.3 is 9.52 Å². The van der Waals surface area contributed by atoms with Crippen molar-refractivity contribution >= 4 is 17.7 Å². The van der Waals surface area contributed by atoms with Gasteiger partial charge in [-0.05, 0) is 31.5 Å². The molecule has 0 saturated carbocycles. The van der Waals surface area contributed by atoms with Crippen LogP contribution in [0.1, 0.15) is 27.4 Å². The first-order chi connectivity index (χ1) is 8.97. The number of aromatic nitrogens is 1. The molecular formula is C13H12FNO3S. The number of hydrogen-bond acceptors (Lipinski definition) is 4. The van der Waals surface area contributed by atoms with E-state index < -0.39 is 11.8 Å². The van der Waals surface area contributed by atoms with Crippen LogP contribution in [0.25, 0.3) is 0 Å². The summed E-state index contributed by atoms with van der Waals surface area (Å²) >= 11 is 1.27. The molecule has 0 radical (unpaired) electrons. The van der Waals surface area contributed by atoms with Crippen LogP contribution in [0, 0.1) is 19.7 Å². The molecule has 0 fully saturated rings. The van der Waals surface area contributed by atoms with Gasteiger partial charge in [-0.1, -0.05) is 17.8 Å². The first-order valence-corrected chi connectivity index (χ1v) is 6.54. The van der Waals surface area contributed by atoms with Crippen molar-refractivity contribution in [3.05, 3.63) is 46.6 Å². The van der Waals surface area contributed by atoms with Gasteiger partial charge in [0, 0.05) is 5.75 Å². The quantitative estimate of drug-likeness (QED) is 0.870. The van der Waals surface area contributed by atoms with Gasteiger partial charge in [-0.25, -0.2) is 14.2 Å². The molecule has 0 aliphatic rings. The molecule has 0 aliphatic heterocycles. The van der Waals surface area contributed by atoms with Gasteiger partial charge in [0.25, 0.3) is 5.22 Å². The Morgan fingerprint density at radius 3 is 2.74 bits per heavy atom. The van der Waals surface area contributed by atoms with E-state index in [9.17, 15) is 9.18 Å². The van der Waals surface area contributed by atoms with Crippen molar-refractivity contribution in [3.8, 4) is 0 Å². The van der Waals surface area contributed by atoms with Crippen molar-refractivity contribution in [2.24, 2.45) is 0 Å². The van der Waals surface area contributed by atoms with E-state index in [4.69, 9.17) is 9.52 Å². The highest BCUT2D eigenvalue weighted by atomic mass is 32.2. The molecule has 6 heteroatoms. The van der Waals surface area contributed by atoms with E-state index >= 15 is 0 Å². The van der Waals surface area contributed by atoms with Crippen molar-refractivity contribution in [1.82, 2.24) is 4.98 Å². The van der Waals surface area contributed by atoms with E-state index in [2.05, 4.69) is 4.98 Å². The van der Waals surface area contributed by atoms with Gasteiger partial charge in [-0.15, -0.1) is 0 Å². The Morgan fingerprint density at radius 2 is 2.21 bits per heavy atom. The minimum absolute atomic E-state index is 0.0611. The van der Waals surface area contributed by atoms with Crippen molar-refractivity contribution in [1.29, 1.82) is 0 Å². The van der Waals surface area contributed by atoms with Gasteiger partial charge in [0.2, 0.25) is 0 Å². The fraction of sp³-hybridized carbons (Fsp3) is 0.231. The number of rotatable bonds is 4. The number of carbonyl (C=O) groups is 1. The number of benzene rings is 1. The molecule has 1 aromatic heterocycles. The molecule has 100 valence electrons. The highest BCUT2D eigenvalue weighted by Crippen LogP contribution is 2.25. The Balaban J connectivity index is 2.09. The van der Waals surface area contributed by atoms with Gasteiger partial charge >= 0.3 is 5.97 Å². The average Bonchev–Trinajstić information content (AvgIpc) is 2.67. The standard InChI is InChI=1S/C13H12FNO3S/c1-7-8(2)18-13(15-7)19-6-10-4-3-9(12(16)17)5-11(10)14/h3-5H,6H2,1-2H3,(H,16,17). The molecule has 4 nitrogen and oxygen atoms in total. The van der Waals surface area contributed by atoms with Crippen LogP contribution in [0.5, 0.6) is 0 Å². The van der Waals surface area contributed by atoms with Crippen LogP contribution in [0.2, 0.25) is 0 Å². The molecular weight excluding hydrogens is 269 g/mol. The molecule has 0 saturated heterocycles. The Morgan fingerprint density at radius 1 is 1.47 bits per heavy atom. The van der Waals surface area contributed by atoms with E-state index in [0.29, 0.717) is 16.5 Å². The third kappa shape index (κ3) is 3.14. The average molecular weight is 281 g/mol. The van der Waals surface area contributed by atoms with Crippen LogP contribution < -0.4 is 0 Å². The molecule has 2 aromatic rings. The minimum Gasteiger partial charge on any atom is -0.478 e. The van der Waals surface area contributed by atoms with Crippen LogP contribution >= 0.6 is 11.8 Å². The zero-order valence-corrected chi connectivity index (χ0v) is 11.3. The van der Waals surface area contributed by atoms with Gasteiger partial charge in [-0.2, -0.15) is 0 Å². The monoisotopic (exact) mass is 281 g/mol. The molecule has 1 aromatic carbocycles. The number of hydrogen-bond donors (Lipinski definition) is 1. The smallest absolute Gasteiger partial charge is 0.335 e. The maximum Gasteiger partial charge on any atom is 0.335 e. The molecule has 0 aliphatic carbocycles. The lowest BCUT2D eigenvalue weighted by atomic mass is 10.1. The summed E-state index contributed by atoms with van der Waals surface area (Å²) in [5.74, 6) is -0.598. The van der Waals surface area contributed by atoms with Crippen LogP contribution in [-0.4, -0.2) is 16.1 Å². The number of oxazole rings is 1. The van der Waals surface area contributed by atoms with Gasteiger partial charge in [-0.3, -0.25) is 0 Å². The Bertz CT molecular complexity index is 605. The molecule has 19 heavy (non-hydrogen) atoms. The Hall–Kier alpha value is -1.82. The second kappa shape index (κ2) is 5.44. The molecule has 0 bridgehead atoms. The highest BCUT2D eigenvalue weighted by Gasteiger charge is 2.11. The van der Waals surface area contributed by atoms with Gasteiger partial charge in [0.05, 0.1) is 11.3 Å². The van der Waals surface area contributed by atoms with Crippen LogP contribution in [0.15, 0.2) is 27.8 Å². The highest BCUT2D eigenvalue weighted by molar-refractivity contribution is 7.98. The maximum atomic E-state index is 13.7. The first kappa shape index (κ1) is 13.6. The number of carboxylic acid groups (broad SMARTS) is 1. The lowest BCUT2D eigenvalue weighted by molar-refractivity contribution is 0.0696. The molecule has 0 amide bonds. The van der Waals surface area contributed by atoms with Gasteiger partial charge in [0.15, 0.2) is 0 Å². The van der Waals surface area contributed by atoms with Crippen molar-refractivity contribution in [3.63, 3.8) is 0 Å². The van der Waals surface area contributed by atoms with Crippen molar-refractivity contribution in [2.75, 3.05) is 0 Å².